The minimum atomic E-state index is -1.78. The first-order valence-electron chi connectivity index (χ1n) is 5.26. The Balaban J connectivity index is 2.42. The van der Waals surface area contributed by atoms with Gasteiger partial charge in [-0.1, -0.05) is 6.07 Å². The van der Waals surface area contributed by atoms with Crippen LogP contribution in [0.3, 0.4) is 0 Å². The third-order valence-electron chi connectivity index (χ3n) is 2.84. The van der Waals surface area contributed by atoms with Gasteiger partial charge in [0.2, 0.25) is 0 Å². The fraction of sp³-hybridized carbons (Fsp3) is 0.455. The fourth-order valence-corrected chi connectivity index (χ4v) is 1.89. The highest BCUT2D eigenvalue weighted by Crippen LogP contribution is 2.32. The predicted molar refractivity (Wildman–Crippen MR) is 59.3 cm³/mol. The zero-order chi connectivity index (χ0) is 11.9. The van der Waals surface area contributed by atoms with Crippen molar-refractivity contribution in [2.75, 3.05) is 0 Å². The molecule has 3 nitrogen and oxygen atoms in total. The number of ether oxygens (including phenoxy) is 1. The summed E-state index contributed by atoms with van der Waals surface area (Å²) >= 11 is 0. The Kier molecular flexibility index (Phi) is 2.68. The topological polar surface area (TPSA) is 49.7 Å². The highest BCUT2D eigenvalue weighted by molar-refractivity contribution is 6.58. The largest absolute Gasteiger partial charge is 0.491 e. The Labute approximate surface area is 94.0 Å². The van der Waals surface area contributed by atoms with Crippen molar-refractivity contribution in [2.45, 2.75) is 32.3 Å². The van der Waals surface area contributed by atoms with Gasteiger partial charge in [-0.15, -0.1) is 0 Å². The van der Waals surface area contributed by atoms with Gasteiger partial charge in [0, 0.05) is 11.5 Å². The van der Waals surface area contributed by atoms with Crippen LogP contribution in [0.25, 0.3) is 0 Å². The van der Waals surface area contributed by atoms with Crippen LogP contribution in [0.5, 0.6) is 5.75 Å². The maximum absolute atomic E-state index is 13.5. The highest BCUT2D eigenvalue weighted by Gasteiger charge is 2.29. The van der Waals surface area contributed by atoms with E-state index in [1.807, 2.05) is 13.8 Å². The monoisotopic (exact) mass is 224 g/mol. The molecule has 0 spiro atoms. The minimum Gasteiger partial charge on any atom is -0.487 e. The van der Waals surface area contributed by atoms with E-state index in [4.69, 9.17) is 14.8 Å². The first-order valence-corrected chi connectivity index (χ1v) is 5.26. The molecule has 0 amide bonds. The van der Waals surface area contributed by atoms with Gasteiger partial charge < -0.3 is 14.8 Å². The Hall–Kier alpha value is -1.07. The predicted octanol–water partition coefficient (Wildman–Crippen LogP) is 0.609. The lowest BCUT2D eigenvalue weighted by Crippen LogP contribution is -2.36. The van der Waals surface area contributed by atoms with Gasteiger partial charge in [-0.2, -0.15) is 0 Å². The molecule has 0 saturated heterocycles. The molecular weight excluding hydrogens is 210 g/mol. The van der Waals surface area contributed by atoms with Crippen molar-refractivity contribution in [3.63, 3.8) is 0 Å². The van der Waals surface area contributed by atoms with Crippen molar-refractivity contribution in [1.82, 2.24) is 0 Å². The fourth-order valence-electron chi connectivity index (χ4n) is 1.89. The molecule has 16 heavy (non-hydrogen) atoms. The molecule has 2 rings (SSSR count). The Morgan fingerprint density at radius 2 is 2.06 bits per heavy atom. The van der Waals surface area contributed by atoms with E-state index < -0.39 is 12.9 Å². The quantitative estimate of drug-likeness (QED) is 0.687. The van der Waals surface area contributed by atoms with Gasteiger partial charge in [-0.3, -0.25) is 0 Å². The van der Waals surface area contributed by atoms with E-state index in [1.165, 1.54) is 12.1 Å². The number of aryl methyl sites for hydroxylation is 1. The summed E-state index contributed by atoms with van der Waals surface area (Å²) in [5.74, 6) is -0.149. The first kappa shape index (κ1) is 11.4. The summed E-state index contributed by atoms with van der Waals surface area (Å²) in [5.41, 5.74) is 0.435. The van der Waals surface area contributed by atoms with Crippen LogP contribution < -0.4 is 10.2 Å². The standard InChI is InChI=1S/C11H14BFO3/c1-11(2)4-3-7-5-8(12(14)15)9(13)6-10(7)16-11/h5-6,14-15H,3-4H2,1-2H3. The van der Waals surface area contributed by atoms with Crippen molar-refractivity contribution >= 4 is 12.6 Å². The van der Waals surface area contributed by atoms with Gasteiger partial charge in [0.25, 0.3) is 0 Å². The van der Waals surface area contributed by atoms with E-state index in [1.54, 1.807) is 0 Å². The van der Waals surface area contributed by atoms with Gasteiger partial charge in [-0.05, 0) is 32.3 Å². The maximum atomic E-state index is 13.5. The van der Waals surface area contributed by atoms with E-state index in [-0.39, 0.29) is 11.1 Å². The zero-order valence-corrected chi connectivity index (χ0v) is 9.33. The zero-order valence-electron chi connectivity index (χ0n) is 9.33. The molecular formula is C11H14BFO3. The Morgan fingerprint density at radius 1 is 1.38 bits per heavy atom. The van der Waals surface area contributed by atoms with Crippen LogP contribution in [-0.4, -0.2) is 22.8 Å². The van der Waals surface area contributed by atoms with Crippen LogP contribution in [0.4, 0.5) is 4.39 Å². The van der Waals surface area contributed by atoms with Crippen LogP contribution in [0.15, 0.2) is 12.1 Å². The lowest BCUT2D eigenvalue weighted by molar-refractivity contribution is 0.0843. The van der Waals surface area contributed by atoms with Crippen molar-refractivity contribution in [3.8, 4) is 5.75 Å². The smallest absolute Gasteiger partial charge is 0.487 e. The van der Waals surface area contributed by atoms with E-state index in [0.717, 1.165) is 18.4 Å². The van der Waals surface area contributed by atoms with Crippen LogP contribution in [-0.2, 0) is 6.42 Å². The molecule has 2 N–H and O–H groups in total. The van der Waals surface area contributed by atoms with Crippen LogP contribution in [0.1, 0.15) is 25.8 Å². The second kappa shape index (κ2) is 3.75. The van der Waals surface area contributed by atoms with Crippen LogP contribution >= 0.6 is 0 Å². The van der Waals surface area contributed by atoms with E-state index in [9.17, 15) is 4.39 Å². The number of hydrogen-bond acceptors (Lipinski definition) is 3. The minimum absolute atomic E-state index is 0.0953. The van der Waals surface area contributed by atoms with Gasteiger partial charge in [0.15, 0.2) is 0 Å². The first-order chi connectivity index (χ1) is 7.39. The third kappa shape index (κ3) is 2.06. The molecule has 1 aromatic carbocycles. The second-order valence-electron chi connectivity index (χ2n) is 4.72. The normalized spacial score (nSPS) is 17.6. The molecule has 0 saturated carbocycles. The summed E-state index contributed by atoms with van der Waals surface area (Å²) in [6.07, 6.45) is 1.58. The average molecular weight is 224 g/mol. The van der Waals surface area contributed by atoms with Gasteiger partial charge in [0.05, 0.1) is 0 Å². The summed E-state index contributed by atoms with van der Waals surface area (Å²) < 4.78 is 19.1. The molecule has 1 aromatic rings. The SMILES string of the molecule is CC1(C)CCc2cc(B(O)O)c(F)cc2O1. The summed E-state index contributed by atoms with van der Waals surface area (Å²) in [4.78, 5) is 0. The summed E-state index contributed by atoms with van der Waals surface area (Å²) in [6, 6.07) is 2.69. The van der Waals surface area contributed by atoms with E-state index in [2.05, 4.69) is 0 Å². The number of fused-ring (bicyclic) bond motifs is 1. The molecule has 1 heterocycles. The van der Waals surface area contributed by atoms with E-state index >= 15 is 0 Å². The number of rotatable bonds is 1. The van der Waals surface area contributed by atoms with Crippen molar-refractivity contribution in [3.05, 3.63) is 23.5 Å². The number of benzene rings is 1. The van der Waals surface area contributed by atoms with Gasteiger partial charge >= 0.3 is 7.12 Å². The Morgan fingerprint density at radius 3 is 2.69 bits per heavy atom. The molecule has 0 unspecified atom stereocenters. The molecule has 0 atom stereocenters. The van der Waals surface area contributed by atoms with Gasteiger partial charge in [-0.25, -0.2) is 4.39 Å². The Bertz CT molecular complexity index is 418. The second-order valence-corrected chi connectivity index (χ2v) is 4.72. The maximum Gasteiger partial charge on any atom is 0.491 e. The van der Waals surface area contributed by atoms with Crippen molar-refractivity contribution in [1.29, 1.82) is 0 Å². The van der Waals surface area contributed by atoms with Gasteiger partial charge in [0.1, 0.15) is 17.2 Å². The summed E-state index contributed by atoms with van der Waals surface area (Å²) in [7, 11) is -1.78. The van der Waals surface area contributed by atoms with E-state index in [0.29, 0.717) is 5.75 Å². The van der Waals surface area contributed by atoms with Crippen LogP contribution in [0.2, 0.25) is 0 Å². The molecule has 1 aliphatic heterocycles. The molecule has 0 radical (unpaired) electrons. The molecule has 86 valence electrons. The van der Waals surface area contributed by atoms with Crippen molar-refractivity contribution < 1.29 is 19.2 Å². The van der Waals surface area contributed by atoms with Crippen molar-refractivity contribution in [2.24, 2.45) is 0 Å². The lowest BCUT2D eigenvalue weighted by Gasteiger charge is -2.32. The molecule has 0 aliphatic carbocycles. The summed E-state index contributed by atoms with van der Waals surface area (Å²) in [6.45, 7) is 3.89. The molecule has 0 fully saturated rings. The number of hydrogen-bond donors (Lipinski definition) is 2. The summed E-state index contributed by atoms with van der Waals surface area (Å²) in [5, 5.41) is 18.0. The molecule has 0 bridgehead atoms. The molecule has 5 heteroatoms. The number of halogens is 1. The molecule has 0 aromatic heterocycles. The average Bonchev–Trinajstić information content (AvgIpc) is 2.14. The highest BCUT2D eigenvalue weighted by atomic mass is 19.1. The third-order valence-corrected chi connectivity index (χ3v) is 2.84. The van der Waals surface area contributed by atoms with Crippen LogP contribution in [0, 0.1) is 5.82 Å². The lowest BCUT2D eigenvalue weighted by atomic mass is 9.78. The molecule has 1 aliphatic rings.